The quantitative estimate of drug-likeness (QED) is 0.726. The molecule has 1 aliphatic heterocycles. The zero-order valence-electron chi connectivity index (χ0n) is 13.7. The van der Waals surface area contributed by atoms with Crippen LogP contribution in [-0.4, -0.2) is 17.6 Å². The third kappa shape index (κ3) is 3.61. The summed E-state index contributed by atoms with van der Waals surface area (Å²) in [6, 6.07) is 15.9. The van der Waals surface area contributed by atoms with Gasteiger partial charge in [0.25, 0.3) is 0 Å². The van der Waals surface area contributed by atoms with Crippen LogP contribution in [0.15, 0.2) is 65.3 Å². The molecule has 0 bridgehead atoms. The van der Waals surface area contributed by atoms with Gasteiger partial charge in [-0.05, 0) is 36.8 Å². The van der Waals surface area contributed by atoms with Gasteiger partial charge in [0.15, 0.2) is 0 Å². The Hall–Kier alpha value is -2.14. The van der Waals surface area contributed by atoms with E-state index in [0.717, 1.165) is 35.7 Å². The molecule has 25 heavy (non-hydrogen) atoms. The number of benzene rings is 1. The van der Waals surface area contributed by atoms with Crippen molar-refractivity contribution in [1.29, 1.82) is 0 Å². The lowest BCUT2D eigenvalue weighted by Crippen LogP contribution is -2.31. The molecule has 3 aromatic rings. The highest BCUT2D eigenvalue weighted by molar-refractivity contribution is 6.33. The van der Waals surface area contributed by atoms with E-state index in [1.807, 2.05) is 48.7 Å². The number of ether oxygens (including phenoxy) is 1. The SMILES string of the molecule is Clc1ccccc1-c1ccc(CN[C@H]2CCO[C@@H]2c2cccnc2)o1. The first-order valence-electron chi connectivity index (χ1n) is 8.40. The van der Waals surface area contributed by atoms with E-state index < -0.39 is 0 Å². The van der Waals surface area contributed by atoms with Crippen LogP contribution in [0.5, 0.6) is 0 Å². The molecule has 1 aliphatic rings. The summed E-state index contributed by atoms with van der Waals surface area (Å²) in [7, 11) is 0. The fourth-order valence-electron chi connectivity index (χ4n) is 3.18. The van der Waals surface area contributed by atoms with E-state index in [0.29, 0.717) is 11.6 Å². The molecule has 1 N–H and O–H groups in total. The van der Waals surface area contributed by atoms with Crippen molar-refractivity contribution in [2.75, 3.05) is 6.61 Å². The van der Waals surface area contributed by atoms with E-state index in [1.165, 1.54) is 0 Å². The number of halogens is 1. The predicted octanol–water partition coefficient (Wildman–Crippen LogP) is 4.61. The summed E-state index contributed by atoms with van der Waals surface area (Å²) in [5, 5.41) is 4.24. The van der Waals surface area contributed by atoms with E-state index in [2.05, 4.69) is 16.4 Å². The zero-order chi connectivity index (χ0) is 17.1. The number of aromatic nitrogens is 1. The van der Waals surface area contributed by atoms with Crippen LogP contribution in [0.4, 0.5) is 0 Å². The van der Waals surface area contributed by atoms with Crippen LogP contribution in [0.1, 0.15) is 23.8 Å². The fraction of sp³-hybridized carbons (Fsp3) is 0.250. The number of pyridine rings is 1. The summed E-state index contributed by atoms with van der Waals surface area (Å²) in [5.41, 5.74) is 2.02. The molecule has 0 saturated carbocycles. The van der Waals surface area contributed by atoms with Gasteiger partial charge in [0.2, 0.25) is 0 Å². The molecule has 3 heterocycles. The predicted molar refractivity (Wildman–Crippen MR) is 97.3 cm³/mol. The van der Waals surface area contributed by atoms with Crippen molar-refractivity contribution in [3.8, 4) is 11.3 Å². The Morgan fingerprint density at radius 3 is 2.88 bits per heavy atom. The van der Waals surface area contributed by atoms with Gasteiger partial charge < -0.3 is 14.5 Å². The van der Waals surface area contributed by atoms with Crippen molar-refractivity contribution in [2.24, 2.45) is 0 Å². The number of rotatable bonds is 5. The molecule has 1 saturated heterocycles. The van der Waals surface area contributed by atoms with Crippen LogP contribution in [0.2, 0.25) is 5.02 Å². The van der Waals surface area contributed by atoms with Crippen LogP contribution < -0.4 is 5.32 Å². The number of nitrogens with one attached hydrogen (secondary N) is 1. The van der Waals surface area contributed by atoms with E-state index in [4.69, 9.17) is 20.8 Å². The van der Waals surface area contributed by atoms with Gasteiger partial charge in [0.05, 0.1) is 17.7 Å². The maximum absolute atomic E-state index is 6.24. The Morgan fingerprint density at radius 1 is 1.12 bits per heavy atom. The molecular formula is C20H19ClN2O2. The Kier molecular flexibility index (Phi) is 4.83. The molecule has 2 aromatic heterocycles. The van der Waals surface area contributed by atoms with Crippen LogP contribution in [0.25, 0.3) is 11.3 Å². The Morgan fingerprint density at radius 2 is 2.04 bits per heavy atom. The van der Waals surface area contributed by atoms with E-state index in [9.17, 15) is 0 Å². The molecule has 0 aliphatic carbocycles. The summed E-state index contributed by atoms with van der Waals surface area (Å²) >= 11 is 6.24. The molecule has 4 nitrogen and oxygen atoms in total. The second kappa shape index (κ2) is 7.40. The standard InChI is InChI=1S/C20H19ClN2O2/c21-17-6-2-1-5-16(17)19-8-7-15(25-19)13-23-18-9-11-24-20(18)14-4-3-10-22-12-14/h1-8,10,12,18,20,23H,9,11,13H2/t18-,20+/m0/s1. The highest BCUT2D eigenvalue weighted by Gasteiger charge is 2.29. The van der Waals surface area contributed by atoms with Gasteiger partial charge in [-0.15, -0.1) is 0 Å². The highest BCUT2D eigenvalue weighted by Crippen LogP contribution is 2.31. The van der Waals surface area contributed by atoms with Crippen LogP contribution in [-0.2, 0) is 11.3 Å². The first-order chi connectivity index (χ1) is 12.3. The first-order valence-corrected chi connectivity index (χ1v) is 8.77. The van der Waals surface area contributed by atoms with Crippen LogP contribution >= 0.6 is 11.6 Å². The minimum absolute atomic E-state index is 0.0340. The molecule has 5 heteroatoms. The molecule has 0 spiro atoms. The summed E-state index contributed by atoms with van der Waals surface area (Å²) in [6.07, 6.45) is 4.65. The van der Waals surface area contributed by atoms with Gasteiger partial charge in [-0.25, -0.2) is 0 Å². The van der Waals surface area contributed by atoms with Gasteiger partial charge in [0, 0.05) is 36.2 Å². The molecule has 0 unspecified atom stereocenters. The van der Waals surface area contributed by atoms with Crippen molar-refractivity contribution >= 4 is 11.6 Å². The number of nitrogens with zero attached hydrogens (tertiary/aromatic N) is 1. The monoisotopic (exact) mass is 354 g/mol. The van der Waals surface area contributed by atoms with E-state index >= 15 is 0 Å². The summed E-state index contributed by atoms with van der Waals surface area (Å²) in [5.74, 6) is 1.67. The number of hydrogen-bond acceptors (Lipinski definition) is 4. The summed E-state index contributed by atoms with van der Waals surface area (Å²) in [6.45, 7) is 1.40. The lowest BCUT2D eigenvalue weighted by molar-refractivity contribution is 0.0978. The Balaban J connectivity index is 1.43. The molecule has 1 aromatic carbocycles. The van der Waals surface area contributed by atoms with Crippen molar-refractivity contribution in [2.45, 2.75) is 25.1 Å². The lowest BCUT2D eigenvalue weighted by atomic mass is 10.0. The van der Waals surface area contributed by atoms with E-state index in [-0.39, 0.29) is 12.1 Å². The molecule has 2 atom stereocenters. The Labute approximate surface area is 151 Å². The van der Waals surface area contributed by atoms with Crippen molar-refractivity contribution in [3.05, 3.63) is 77.3 Å². The van der Waals surface area contributed by atoms with Crippen molar-refractivity contribution in [3.63, 3.8) is 0 Å². The fourth-order valence-corrected chi connectivity index (χ4v) is 3.41. The summed E-state index contributed by atoms with van der Waals surface area (Å²) < 4.78 is 11.8. The normalized spacial score (nSPS) is 20.0. The summed E-state index contributed by atoms with van der Waals surface area (Å²) in [4.78, 5) is 4.19. The van der Waals surface area contributed by atoms with Crippen LogP contribution in [0.3, 0.4) is 0 Å². The van der Waals surface area contributed by atoms with Gasteiger partial charge >= 0.3 is 0 Å². The van der Waals surface area contributed by atoms with Gasteiger partial charge in [-0.1, -0.05) is 29.8 Å². The third-order valence-electron chi connectivity index (χ3n) is 4.44. The smallest absolute Gasteiger partial charge is 0.135 e. The van der Waals surface area contributed by atoms with Gasteiger partial charge in [0.1, 0.15) is 11.5 Å². The molecule has 4 rings (SSSR count). The molecule has 128 valence electrons. The maximum Gasteiger partial charge on any atom is 0.135 e. The Bertz CT molecular complexity index is 834. The van der Waals surface area contributed by atoms with Crippen LogP contribution in [0, 0.1) is 0 Å². The third-order valence-corrected chi connectivity index (χ3v) is 4.77. The second-order valence-electron chi connectivity index (χ2n) is 6.10. The largest absolute Gasteiger partial charge is 0.460 e. The number of hydrogen-bond donors (Lipinski definition) is 1. The van der Waals surface area contributed by atoms with Crippen molar-refractivity contribution < 1.29 is 9.15 Å². The minimum atomic E-state index is 0.0340. The van der Waals surface area contributed by atoms with Gasteiger partial charge in [-0.3, -0.25) is 4.98 Å². The molecule has 1 fully saturated rings. The molecule has 0 amide bonds. The maximum atomic E-state index is 6.24. The average Bonchev–Trinajstić information content (AvgIpc) is 3.30. The lowest BCUT2D eigenvalue weighted by Gasteiger charge is -2.19. The molecular weight excluding hydrogens is 336 g/mol. The molecule has 0 radical (unpaired) electrons. The minimum Gasteiger partial charge on any atom is -0.460 e. The zero-order valence-corrected chi connectivity index (χ0v) is 14.4. The second-order valence-corrected chi connectivity index (χ2v) is 6.51. The van der Waals surface area contributed by atoms with Gasteiger partial charge in [-0.2, -0.15) is 0 Å². The topological polar surface area (TPSA) is 47.3 Å². The first kappa shape index (κ1) is 16.3. The highest BCUT2D eigenvalue weighted by atomic mass is 35.5. The number of furan rings is 1. The average molecular weight is 355 g/mol. The van der Waals surface area contributed by atoms with Crippen molar-refractivity contribution in [1.82, 2.24) is 10.3 Å². The van der Waals surface area contributed by atoms with E-state index in [1.54, 1.807) is 6.20 Å².